The van der Waals surface area contributed by atoms with Crippen molar-refractivity contribution in [3.05, 3.63) is 64.7 Å². The van der Waals surface area contributed by atoms with Crippen LogP contribution in [0.5, 0.6) is 0 Å². The summed E-state index contributed by atoms with van der Waals surface area (Å²) in [7, 11) is 0. The average molecular weight is 404 g/mol. The summed E-state index contributed by atoms with van der Waals surface area (Å²) in [4.78, 5) is 38.7. The standard InChI is InChI=1S/C23H24N4O3/c1-15(28)24-19-4-2-6-21-18(19)8-9-25(21)14-23(30)26-11-16-10-17(13-26)20-5-3-7-22(29)27(20)12-16/h2-9,16-17H,10-14H2,1H3,(H,24,28)/t16-,17+/m1/s1. The van der Waals surface area contributed by atoms with E-state index in [1.807, 2.05) is 56.6 Å². The molecule has 5 rings (SSSR count). The van der Waals surface area contributed by atoms with Crippen LogP contribution in [-0.2, 0) is 22.7 Å². The Morgan fingerprint density at radius 3 is 2.73 bits per heavy atom. The molecule has 30 heavy (non-hydrogen) atoms. The Hall–Kier alpha value is -3.35. The Balaban J connectivity index is 1.37. The van der Waals surface area contributed by atoms with E-state index >= 15 is 0 Å². The fraction of sp³-hybridized carbons (Fsp3) is 0.348. The highest BCUT2D eigenvalue weighted by Crippen LogP contribution is 2.35. The van der Waals surface area contributed by atoms with Crippen LogP contribution in [0.15, 0.2) is 53.5 Å². The second-order valence-electron chi connectivity index (χ2n) is 8.36. The fourth-order valence-electron chi connectivity index (χ4n) is 5.01. The van der Waals surface area contributed by atoms with E-state index in [2.05, 4.69) is 5.32 Å². The average Bonchev–Trinajstić information content (AvgIpc) is 3.12. The molecule has 0 unspecified atom stereocenters. The van der Waals surface area contributed by atoms with Crippen LogP contribution < -0.4 is 10.9 Å². The van der Waals surface area contributed by atoms with Crippen molar-refractivity contribution in [3.63, 3.8) is 0 Å². The van der Waals surface area contributed by atoms with Gasteiger partial charge in [-0.25, -0.2) is 0 Å². The van der Waals surface area contributed by atoms with Gasteiger partial charge in [0, 0.05) is 55.8 Å². The van der Waals surface area contributed by atoms with Crippen molar-refractivity contribution in [1.29, 1.82) is 0 Å². The van der Waals surface area contributed by atoms with Crippen molar-refractivity contribution >= 4 is 28.4 Å². The number of aromatic nitrogens is 2. The predicted octanol–water partition coefficient (Wildman–Crippen LogP) is 2.41. The minimum Gasteiger partial charge on any atom is -0.340 e. The maximum absolute atomic E-state index is 13.1. The number of nitrogens with one attached hydrogen (secondary N) is 1. The maximum Gasteiger partial charge on any atom is 0.250 e. The van der Waals surface area contributed by atoms with Gasteiger partial charge in [-0.15, -0.1) is 0 Å². The van der Waals surface area contributed by atoms with Crippen LogP contribution in [0.4, 0.5) is 5.69 Å². The van der Waals surface area contributed by atoms with Gasteiger partial charge in [0.1, 0.15) is 6.54 Å². The molecule has 0 spiro atoms. The van der Waals surface area contributed by atoms with Crippen LogP contribution in [-0.4, -0.2) is 38.9 Å². The third-order valence-corrected chi connectivity index (χ3v) is 6.26. The zero-order valence-corrected chi connectivity index (χ0v) is 16.9. The summed E-state index contributed by atoms with van der Waals surface area (Å²) in [6.45, 7) is 3.76. The van der Waals surface area contributed by atoms with E-state index in [4.69, 9.17) is 0 Å². The Bertz CT molecular complexity index is 1210. The summed E-state index contributed by atoms with van der Waals surface area (Å²) in [5.41, 5.74) is 2.77. The number of fused-ring (bicyclic) bond motifs is 5. The zero-order valence-electron chi connectivity index (χ0n) is 16.9. The molecule has 154 valence electrons. The van der Waals surface area contributed by atoms with Gasteiger partial charge in [-0.3, -0.25) is 14.4 Å². The summed E-state index contributed by atoms with van der Waals surface area (Å²) < 4.78 is 3.81. The summed E-state index contributed by atoms with van der Waals surface area (Å²) in [6.07, 6.45) is 2.92. The number of hydrogen-bond acceptors (Lipinski definition) is 3. The zero-order chi connectivity index (χ0) is 20.8. The molecule has 2 bridgehead atoms. The number of anilines is 1. The molecular formula is C23H24N4O3. The van der Waals surface area contributed by atoms with E-state index in [9.17, 15) is 14.4 Å². The minimum atomic E-state index is -0.120. The third kappa shape index (κ3) is 3.20. The molecule has 1 saturated heterocycles. The summed E-state index contributed by atoms with van der Waals surface area (Å²) in [6, 6.07) is 13.1. The number of rotatable bonds is 3. The maximum atomic E-state index is 13.1. The Morgan fingerprint density at radius 1 is 1.07 bits per heavy atom. The van der Waals surface area contributed by atoms with E-state index in [1.54, 1.807) is 6.07 Å². The van der Waals surface area contributed by atoms with Gasteiger partial charge in [0.2, 0.25) is 11.8 Å². The highest BCUT2D eigenvalue weighted by atomic mass is 16.2. The minimum absolute atomic E-state index is 0.0516. The van der Waals surface area contributed by atoms with Crippen molar-refractivity contribution in [1.82, 2.24) is 14.0 Å². The molecule has 2 atom stereocenters. The fourth-order valence-corrected chi connectivity index (χ4v) is 5.01. The van der Waals surface area contributed by atoms with E-state index < -0.39 is 0 Å². The van der Waals surface area contributed by atoms with Gasteiger partial charge in [0.25, 0.3) is 5.56 Å². The molecule has 7 nitrogen and oxygen atoms in total. The lowest BCUT2D eigenvalue weighted by molar-refractivity contribution is -0.134. The van der Waals surface area contributed by atoms with Gasteiger partial charge in [0.05, 0.1) is 11.2 Å². The molecular weight excluding hydrogens is 380 g/mol. The lowest BCUT2D eigenvalue weighted by Gasteiger charge is -2.42. The molecule has 1 fully saturated rings. The first-order valence-electron chi connectivity index (χ1n) is 10.3. The molecule has 2 aliphatic heterocycles. The molecule has 1 aromatic carbocycles. The molecule has 0 saturated carbocycles. The first kappa shape index (κ1) is 18.7. The SMILES string of the molecule is CC(=O)Nc1cccc2c1ccn2CC(=O)N1C[C@H]2C[C@@H](C1)c1cccc(=O)n1C2. The van der Waals surface area contributed by atoms with Crippen molar-refractivity contribution in [2.45, 2.75) is 32.4 Å². The Labute approximate surface area is 173 Å². The number of nitrogens with zero attached hydrogens (tertiary/aromatic N) is 3. The lowest BCUT2D eigenvalue weighted by atomic mass is 9.83. The highest BCUT2D eigenvalue weighted by Gasteiger charge is 2.36. The second-order valence-corrected chi connectivity index (χ2v) is 8.36. The van der Waals surface area contributed by atoms with Crippen LogP contribution in [0.25, 0.3) is 10.9 Å². The van der Waals surface area contributed by atoms with Gasteiger partial charge in [0.15, 0.2) is 0 Å². The molecule has 0 aliphatic carbocycles. The third-order valence-electron chi connectivity index (χ3n) is 6.26. The van der Waals surface area contributed by atoms with Gasteiger partial charge in [-0.2, -0.15) is 0 Å². The summed E-state index contributed by atoms with van der Waals surface area (Å²) >= 11 is 0. The molecule has 7 heteroatoms. The van der Waals surface area contributed by atoms with Gasteiger partial charge >= 0.3 is 0 Å². The van der Waals surface area contributed by atoms with E-state index in [0.29, 0.717) is 25.6 Å². The number of amides is 2. The Kier molecular flexibility index (Phi) is 4.46. The number of piperidine rings is 1. The van der Waals surface area contributed by atoms with Gasteiger partial charge in [-0.05, 0) is 36.6 Å². The van der Waals surface area contributed by atoms with Gasteiger partial charge in [-0.1, -0.05) is 12.1 Å². The monoisotopic (exact) mass is 404 g/mol. The van der Waals surface area contributed by atoms with Crippen molar-refractivity contribution < 1.29 is 9.59 Å². The molecule has 0 radical (unpaired) electrons. The number of likely N-dealkylation sites (tertiary alicyclic amines) is 1. The number of hydrogen-bond donors (Lipinski definition) is 1. The van der Waals surface area contributed by atoms with Crippen LogP contribution in [0.1, 0.15) is 25.0 Å². The van der Waals surface area contributed by atoms with Crippen LogP contribution in [0.2, 0.25) is 0 Å². The van der Waals surface area contributed by atoms with E-state index in [1.165, 1.54) is 6.92 Å². The predicted molar refractivity (Wildman–Crippen MR) is 114 cm³/mol. The topological polar surface area (TPSA) is 76.3 Å². The summed E-state index contributed by atoms with van der Waals surface area (Å²) in [5, 5.41) is 3.76. The van der Waals surface area contributed by atoms with Crippen LogP contribution >= 0.6 is 0 Å². The van der Waals surface area contributed by atoms with Crippen LogP contribution in [0.3, 0.4) is 0 Å². The number of benzene rings is 1. The normalized spacial score (nSPS) is 20.1. The number of pyridine rings is 1. The number of carbonyl (C=O) groups excluding carboxylic acids is 2. The highest BCUT2D eigenvalue weighted by molar-refractivity contribution is 6.01. The van der Waals surface area contributed by atoms with E-state index in [0.717, 1.165) is 28.7 Å². The first-order valence-corrected chi connectivity index (χ1v) is 10.3. The molecule has 2 amide bonds. The van der Waals surface area contributed by atoms with Crippen molar-refractivity contribution in [2.75, 3.05) is 18.4 Å². The molecule has 2 aromatic heterocycles. The van der Waals surface area contributed by atoms with Crippen LogP contribution in [0, 0.1) is 5.92 Å². The first-order chi connectivity index (χ1) is 14.5. The van der Waals surface area contributed by atoms with E-state index in [-0.39, 0.29) is 29.8 Å². The largest absolute Gasteiger partial charge is 0.340 e. The van der Waals surface area contributed by atoms with Gasteiger partial charge < -0.3 is 19.4 Å². The molecule has 1 N–H and O–H groups in total. The Morgan fingerprint density at radius 2 is 1.90 bits per heavy atom. The molecule has 3 aromatic rings. The van der Waals surface area contributed by atoms with Crippen molar-refractivity contribution in [2.24, 2.45) is 5.92 Å². The quantitative estimate of drug-likeness (QED) is 0.728. The lowest BCUT2D eigenvalue weighted by Crippen LogP contribution is -2.49. The second kappa shape index (κ2) is 7.16. The molecule has 2 aliphatic rings. The number of carbonyl (C=O) groups is 2. The summed E-state index contributed by atoms with van der Waals surface area (Å²) in [5.74, 6) is 0.487. The van der Waals surface area contributed by atoms with Crippen molar-refractivity contribution in [3.8, 4) is 0 Å². The molecule has 4 heterocycles. The smallest absolute Gasteiger partial charge is 0.250 e.